The van der Waals surface area contributed by atoms with Gasteiger partial charge in [-0.3, -0.25) is 4.79 Å². The summed E-state index contributed by atoms with van der Waals surface area (Å²) in [5, 5.41) is 27.1. The number of fused-ring (bicyclic) bond motifs is 1. The van der Waals surface area contributed by atoms with E-state index in [9.17, 15) is 9.90 Å². The predicted molar refractivity (Wildman–Crippen MR) is 150 cm³/mol. The van der Waals surface area contributed by atoms with Crippen LogP contribution in [0.15, 0.2) is 81.9 Å². The maximum Gasteiger partial charge on any atom is 0.290 e. The third kappa shape index (κ3) is 4.86. The van der Waals surface area contributed by atoms with Gasteiger partial charge in [0.15, 0.2) is 0 Å². The third-order valence-corrected chi connectivity index (χ3v) is 7.70. The van der Waals surface area contributed by atoms with E-state index in [0.717, 1.165) is 41.8 Å². The number of aromatic nitrogens is 3. The number of aryl methyl sites for hydroxylation is 1. The van der Waals surface area contributed by atoms with E-state index in [4.69, 9.17) is 0 Å². The number of rotatable bonds is 6. The number of nitrogens with zero attached hydrogens (tertiary/aromatic N) is 6. The fourth-order valence-corrected chi connectivity index (χ4v) is 5.61. The quantitative estimate of drug-likeness (QED) is 0.385. The molecule has 0 amide bonds. The number of benzene rings is 2. The van der Waals surface area contributed by atoms with Crippen LogP contribution in [0.1, 0.15) is 46.2 Å². The van der Waals surface area contributed by atoms with Crippen LogP contribution in [-0.4, -0.2) is 44.9 Å². The Hall–Kier alpha value is -4.21. The SMILES string of the molecule is CN1CC[C@@H](c2ccc(Nc3cc(-c4cccc(C5N=NCc6ccccc65)c4CO)nn(C)c3=O)nc2)C1. The van der Waals surface area contributed by atoms with E-state index in [1.54, 1.807) is 13.1 Å². The number of anilines is 2. The van der Waals surface area contributed by atoms with Crippen molar-refractivity contribution in [3.63, 3.8) is 0 Å². The minimum atomic E-state index is -0.315. The van der Waals surface area contributed by atoms with Crippen molar-refractivity contribution in [1.29, 1.82) is 0 Å². The van der Waals surface area contributed by atoms with Gasteiger partial charge in [-0.1, -0.05) is 48.5 Å². The summed E-state index contributed by atoms with van der Waals surface area (Å²) in [5.41, 5.74) is 6.38. The third-order valence-electron chi connectivity index (χ3n) is 7.70. The minimum Gasteiger partial charge on any atom is -0.392 e. The number of azo groups is 1. The molecule has 9 nitrogen and oxygen atoms in total. The van der Waals surface area contributed by atoms with Gasteiger partial charge in [0.1, 0.15) is 17.5 Å². The first kappa shape index (κ1) is 25.1. The smallest absolute Gasteiger partial charge is 0.290 e. The summed E-state index contributed by atoms with van der Waals surface area (Å²) in [7, 11) is 3.76. The van der Waals surface area contributed by atoms with Gasteiger partial charge >= 0.3 is 0 Å². The molecule has 1 fully saturated rings. The van der Waals surface area contributed by atoms with Gasteiger partial charge in [0.2, 0.25) is 0 Å². The van der Waals surface area contributed by atoms with Crippen LogP contribution in [0.2, 0.25) is 0 Å². The molecule has 39 heavy (non-hydrogen) atoms. The zero-order valence-corrected chi connectivity index (χ0v) is 22.1. The van der Waals surface area contributed by atoms with Crippen molar-refractivity contribution in [3.05, 3.63) is 105 Å². The summed E-state index contributed by atoms with van der Waals surface area (Å²) >= 11 is 0. The van der Waals surface area contributed by atoms with E-state index < -0.39 is 0 Å². The molecule has 2 aromatic heterocycles. The summed E-state index contributed by atoms with van der Waals surface area (Å²) < 4.78 is 1.31. The number of hydrogen-bond donors (Lipinski definition) is 2. The molecule has 4 aromatic rings. The lowest BCUT2D eigenvalue weighted by Crippen LogP contribution is -2.23. The Morgan fingerprint density at radius 3 is 2.67 bits per heavy atom. The lowest BCUT2D eigenvalue weighted by atomic mass is 9.88. The molecule has 0 saturated carbocycles. The van der Waals surface area contributed by atoms with Crippen LogP contribution in [0.25, 0.3) is 11.3 Å². The lowest BCUT2D eigenvalue weighted by molar-refractivity contribution is 0.280. The van der Waals surface area contributed by atoms with Crippen LogP contribution < -0.4 is 10.9 Å². The van der Waals surface area contributed by atoms with Gasteiger partial charge in [-0.15, -0.1) is 0 Å². The normalized spacial score (nSPS) is 18.7. The fourth-order valence-electron chi connectivity index (χ4n) is 5.61. The Kier molecular flexibility index (Phi) is 6.76. The molecule has 4 heterocycles. The molecule has 0 radical (unpaired) electrons. The molecule has 198 valence electrons. The zero-order valence-electron chi connectivity index (χ0n) is 22.1. The summed E-state index contributed by atoms with van der Waals surface area (Å²) in [6, 6.07) is 19.3. The van der Waals surface area contributed by atoms with Crippen LogP contribution in [-0.2, 0) is 20.2 Å². The second kappa shape index (κ2) is 10.5. The van der Waals surface area contributed by atoms with Crippen LogP contribution >= 0.6 is 0 Å². The molecule has 2 aliphatic rings. The summed E-state index contributed by atoms with van der Waals surface area (Å²) in [6.07, 6.45) is 3.02. The van der Waals surface area contributed by atoms with Crippen molar-refractivity contribution in [2.45, 2.75) is 31.5 Å². The summed E-state index contributed by atoms with van der Waals surface area (Å²) in [4.78, 5) is 19.9. The predicted octanol–water partition coefficient (Wildman–Crippen LogP) is 4.55. The molecule has 0 spiro atoms. The number of aliphatic hydroxyl groups excluding tert-OH is 1. The first-order valence-electron chi connectivity index (χ1n) is 13.2. The van der Waals surface area contributed by atoms with Gasteiger partial charge in [-0.05, 0) is 65.9 Å². The van der Waals surface area contributed by atoms with Gasteiger partial charge in [0.25, 0.3) is 5.56 Å². The molecule has 2 atom stereocenters. The number of likely N-dealkylation sites (tertiary alicyclic amines) is 1. The van der Waals surface area contributed by atoms with Gasteiger partial charge in [-0.2, -0.15) is 15.3 Å². The highest BCUT2D eigenvalue weighted by Gasteiger charge is 2.25. The number of hydrogen-bond acceptors (Lipinski definition) is 8. The molecule has 9 heteroatoms. The Balaban J connectivity index is 1.34. The number of aliphatic hydroxyl groups is 1. The van der Waals surface area contributed by atoms with Crippen LogP contribution in [0.5, 0.6) is 0 Å². The molecule has 2 aromatic carbocycles. The second-order valence-corrected chi connectivity index (χ2v) is 10.3. The minimum absolute atomic E-state index is 0.202. The fraction of sp³-hybridized carbons (Fsp3) is 0.300. The van der Waals surface area contributed by atoms with E-state index in [0.29, 0.717) is 35.2 Å². The second-order valence-electron chi connectivity index (χ2n) is 10.3. The van der Waals surface area contributed by atoms with E-state index in [-0.39, 0.29) is 18.2 Å². The highest BCUT2D eigenvalue weighted by atomic mass is 16.3. The monoisotopic (exact) mass is 521 g/mol. The van der Waals surface area contributed by atoms with Gasteiger partial charge < -0.3 is 15.3 Å². The Morgan fingerprint density at radius 2 is 1.90 bits per heavy atom. The van der Waals surface area contributed by atoms with Crippen molar-refractivity contribution in [3.8, 4) is 11.3 Å². The Labute approximate surface area is 226 Å². The van der Waals surface area contributed by atoms with E-state index in [1.807, 2.05) is 42.6 Å². The van der Waals surface area contributed by atoms with Crippen molar-refractivity contribution in [2.75, 3.05) is 25.5 Å². The van der Waals surface area contributed by atoms with E-state index in [2.05, 4.69) is 55.8 Å². The lowest BCUT2D eigenvalue weighted by Gasteiger charge is -2.23. The van der Waals surface area contributed by atoms with E-state index >= 15 is 0 Å². The maximum absolute atomic E-state index is 13.0. The molecule has 1 saturated heterocycles. The van der Waals surface area contributed by atoms with Crippen molar-refractivity contribution >= 4 is 11.5 Å². The topological polar surface area (TPSA) is 108 Å². The number of nitrogens with one attached hydrogen (secondary N) is 1. The molecule has 2 N–H and O–H groups in total. The van der Waals surface area contributed by atoms with E-state index in [1.165, 1.54) is 10.2 Å². The number of likely N-dealkylation sites (N-methyl/N-ethyl adjacent to an activating group) is 1. The summed E-state index contributed by atoms with van der Waals surface area (Å²) in [6.45, 7) is 2.47. The molecule has 0 bridgehead atoms. The first-order chi connectivity index (χ1) is 19.0. The highest BCUT2D eigenvalue weighted by Crippen LogP contribution is 2.38. The van der Waals surface area contributed by atoms with Gasteiger partial charge in [0.05, 0.1) is 18.8 Å². The zero-order chi connectivity index (χ0) is 26.9. The van der Waals surface area contributed by atoms with Gasteiger partial charge in [0, 0.05) is 25.4 Å². The standard InChI is InChI=1S/C30H31N7O2/c1-36-13-12-21(17-36)19-10-11-28(31-15-19)33-27-14-26(35-37(2)30(27)39)23-8-5-9-24(25(23)18-38)29-22-7-4-3-6-20(22)16-32-34-29/h3-11,14-15,21,29,38H,12-13,16-18H2,1-2H3,(H,31,33)/t21-,29?/m1/s1. The molecular weight excluding hydrogens is 490 g/mol. The highest BCUT2D eigenvalue weighted by molar-refractivity contribution is 5.70. The van der Waals surface area contributed by atoms with Crippen LogP contribution in [0.4, 0.5) is 11.5 Å². The van der Waals surface area contributed by atoms with Crippen LogP contribution in [0, 0.1) is 0 Å². The molecular formula is C30H31N7O2. The number of pyridine rings is 1. The van der Waals surface area contributed by atoms with Crippen molar-refractivity contribution in [1.82, 2.24) is 19.7 Å². The molecule has 1 unspecified atom stereocenters. The average Bonchev–Trinajstić information content (AvgIpc) is 3.41. The van der Waals surface area contributed by atoms with Crippen LogP contribution in [0.3, 0.4) is 0 Å². The molecule has 0 aliphatic carbocycles. The largest absolute Gasteiger partial charge is 0.392 e. The van der Waals surface area contributed by atoms with Crippen molar-refractivity contribution in [2.24, 2.45) is 17.3 Å². The Morgan fingerprint density at radius 1 is 1.05 bits per heavy atom. The first-order valence-corrected chi connectivity index (χ1v) is 13.2. The van der Waals surface area contributed by atoms with Gasteiger partial charge in [-0.25, -0.2) is 9.67 Å². The molecule has 2 aliphatic heterocycles. The molecule has 6 rings (SSSR count). The maximum atomic E-state index is 13.0. The van der Waals surface area contributed by atoms with Crippen molar-refractivity contribution < 1.29 is 5.11 Å². The average molecular weight is 522 g/mol. The Bertz CT molecular complexity index is 1600. The summed E-state index contributed by atoms with van der Waals surface area (Å²) in [5.74, 6) is 1.08.